The molecule has 0 saturated carbocycles. The maximum atomic E-state index is 13.1. The first-order valence-corrected chi connectivity index (χ1v) is 15.2. The number of amides is 3. The van der Waals surface area contributed by atoms with Crippen LogP contribution in [0.15, 0.2) is 137 Å². The van der Waals surface area contributed by atoms with Gasteiger partial charge in [0, 0.05) is 21.8 Å². The van der Waals surface area contributed by atoms with E-state index in [-0.39, 0.29) is 23.3 Å². The Morgan fingerprint density at radius 1 is 0.721 bits per heavy atom. The lowest BCUT2D eigenvalue weighted by molar-refractivity contribution is -0.114. The van der Waals surface area contributed by atoms with Gasteiger partial charge in [0.2, 0.25) is 5.91 Å². The number of para-hydroxylation sites is 1. The van der Waals surface area contributed by atoms with Gasteiger partial charge in [0.05, 0.1) is 5.75 Å². The van der Waals surface area contributed by atoms with E-state index < -0.39 is 5.91 Å². The number of anilines is 2. The van der Waals surface area contributed by atoms with E-state index >= 15 is 0 Å². The number of hydrogen-bond donors (Lipinski definition) is 3. The van der Waals surface area contributed by atoms with Crippen molar-refractivity contribution < 1.29 is 19.1 Å². The molecule has 5 aromatic rings. The normalized spacial score (nSPS) is 10.9. The molecular weight excluding hydrogens is 579 g/mol. The summed E-state index contributed by atoms with van der Waals surface area (Å²) in [5, 5.41) is 12.2. The quantitative estimate of drug-likeness (QED) is 0.106. The van der Waals surface area contributed by atoms with Crippen molar-refractivity contribution in [3.8, 4) is 11.5 Å². The molecule has 214 valence electrons. The molecule has 0 aliphatic heterocycles. The van der Waals surface area contributed by atoms with E-state index in [0.717, 1.165) is 16.2 Å². The van der Waals surface area contributed by atoms with Crippen molar-refractivity contribution in [1.82, 2.24) is 5.32 Å². The van der Waals surface area contributed by atoms with Gasteiger partial charge in [0.1, 0.15) is 17.2 Å². The predicted octanol–water partition coefficient (Wildman–Crippen LogP) is 7.68. The molecule has 0 atom stereocenters. The molecule has 0 spiro atoms. The standard InChI is InChI=1S/C34H27N3O4S2/c38-32(35-26-11-15-29(16-12-26)41-28-9-5-2-6-10-28)23-43-30-17-13-27(14-18-30)36-34(40)31(21-24-19-20-42-22-24)37-33(39)25-7-3-1-4-8-25/h1-22H,23H2,(H,35,38)(H,36,40)(H,37,39)/b31-21-. The zero-order valence-electron chi connectivity index (χ0n) is 22.9. The monoisotopic (exact) mass is 605 g/mol. The topological polar surface area (TPSA) is 96.5 Å². The molecule has 5 rings (SSSR count). The van der Waals surface area contributed by atoms with E-state index in [1.54, 1.807) is 66.7 Å². The molecule has 43 heavy (non-hydrogen) atoms. The average Bonchev–Trinajstić information content (AvgIpc) is 3.55. The van der Waals surface area contributed by atoms with Crippen LogP contribution in [-0.2, 0) is 9.59 Å². The summed E-state index contributed by atoms with van der Waals surface area (Å²) in [6.07, 6.45) is 1.64. The van der Waals surface area contributed by atoms with Crippen LogP contribution in [0.2, 0.25) is 0 Å². The van der Waals surface area contributed by atoms with Crippen molar-refractivity contribution in [2.45, 2.75) is 4.90 Å². The molecule has 0 aliphatic rings. The second-order valence-corrected chi connectivity index (χ2v) is 11.0. The summed E-state index contributed by atoms with van der Waals surface area (Å²) in [5.41, 5.74) is 2.62. The zero-order valence-corrected chi connectivity index (χ0v) is 24.5. The number of hydrogen-bond acceptors (Lipinski definition) is 6. The third kappa shape index (κ3) is 8.93. The van der Waals surface area contributed by atoms with Crippen LogP contribution in [0.3, 0.4) is 0 Å². The van der Waals surface area contributed by atoms with Crippen molar-refractivity contribution >= 4 is 58.3 Å². The van der Waals surface area contributed by atoms with Crippen LogP contribution in [0.4, 0.5) is 11.4 Å². The van der Waals surface area contributed by atoms with Crippen molar-refractivity contribution in [1.29, 1.82) is 0 Å². The first kappa shape index (κ1) is 29.4. The maximum Gasteiger partial charge on any atom is 0.272 e. The fraction of sp³-hybridized carbons (Fsp3) is 0.0294. The van der Waals surface area contributed by atoms with Gasteiger partial charge in [-0.3, -0.25) is 14.4 Å². The number of carbonyl (C=O) groups is 3. The van der Waals surface area contributed by atoms with E-state index in [1.807, 2.05) is 65.4 Å². The summed E-state index contributed by atoms with van der Waals surface area (Å²) in [7, 11) is 0. The van der Waals surface area contributed by atoms with E-state index in [9.17, 15) is 14.4 Å². The van der Waals surface area contributed by atoms with E-state index in [4.69, 9.17) is 4.74 Å². The van der Waals surface area contributed by atoms with Gasteiger partial charge in [-0.25, -0.2) is 0 Å². The lowest BCUT2D eigenvalue weighted by atomic mass is 10.2. The number of benzene rings is 4. The van der Waals surface area contributed by atoms with Gasteiger partial charge in [0.15, 0.2) is 0 Å². The van der Waals surface area contributed by atoms with Crippen LogP contribution >= 0.6 is 23.1 Å². The molecule has 7 nitrogen and oxygen atoms in total. The number of thiophene rings is 1. The lowest BCUT2D eigenvalue weighted by Gasteiger charge is -2.12. The van der Waals surface area contributed by atoms with Gasteiger partial charge in [-0.1, -0.05) is 36.4 Å². The average molecular weight is 606 g/mol. The first-order valence-electron chi connectivity index (χ1n) is 13.3. The molecule has 0 fully saturated rings. The smallest absolute Gasteiger partial charge is 0.272 e. The van der Waals surface area contributed by atoms with Crippen molar-refractivity contribution in [3.63, 3.8) is 0 Å². The van der Waals surface area contributed by atoms with Crippen LogP contribution in [0.1, 0.15) is 15.9 Å². The van der Waals surface area contributed by atoms with Gasteiger partial charge in [0.25, 0.3) is 11.8 Å². The summed E-state index contributed by atoms with van der Waals surface area (Å²) in [5.74, 6) is 0.669. The van der Waals surface area contributed by atoms with Crippen molar-refractivity contribution in [3.05, 3.63) is 143 Å². The predicted molar refractivity (Wildman–Crippen MR) is 174 cm³/mol. The lowest BCUT2D eigenvalue weighted by Crippen LogP contribution is -2.30. The van der Waals surface area contributed by atoms with Gasteiger partial charge in [-0.05, 0) is 101 Å². The van der Waals surface area contributed by atoms with Crippen LogP contribution in [0.5, 0.6) is 11.5 Å². The number of thioether (sulfide) groups is 1. The highest BCUT2D eigenvalue weighted by molar-refractivity contribution is 8.00. The van der Waals surface area contributed by atoms with Crippen molar-refractivity contribution in [2.75, 3.05) is 16.4 Å². The minimum absolute atomic E-state index is 0.127. The third-order valence-corrected chi connectivity index (χ3v) is 7.70. The Kier molecular flexibility index (Phi) is 10.0. The zero-order chi connectivity index (χ0) is 29.9. The minimum Gasteiger partial charge on any atom is -0.457 e. The molecule has 1 aromatic heterocycles. The maximum absolute atomic E-state index is 13.1. The van der Waals surface area contributed by atoms with Gasteiger partial charge < -0.3 is 20.7 Å². The van der Waals surface area contributed by atoms with Crippen LogP contribution in [0.25, 0.3) is 6.08 Å². The Hall–Kier alpha value is -5.12. The third-order valence-electron chi connectivity index (χ3n) is 5.98. The van der Waals surface area contributed by atoms with Gasteiger partial charge in [-0.15, -0.1) is 11.8 Å². The van der Waals surface area contributed by atoms with E-state index in [2.05, 4.69) is 16.0 Å². The van der Waals surface area contributed by atoms with Gasteiger partial charge >= 0.3 is 0 Å². The fourth-order valence-electron chi connectivity index (χ4n) is 3.88. The number of carbonyl (C=O) groups excluding carboxylic acids is 3. The van der Waals surface area contributed by atoms with E-state index in [1.165, 1.54) is 23.1 Å². The summed E-state index contributed by atoms with van der Waals surface area (Å²) in [6.45, 7) is 0. The fourth-order valence-corrected chi connectivity index (χ4v) is 5.19. The summed E-state index contributed by atoms with van der Waals surface area (Å²) < 4.78 is 5.78. The number of rotatable bonds is 11. The molecular formula is C34H27N3O4S2. The molecule has 0 saturated heterocycles. The van der Waals surface area contributed by atoms with Crippen LogP contribution in [0, 0.1) is 0 Å². The Balaban J connectivity index is 1.13. The summed E-state index contributed by atoms with van der Waals surface area (Å²) >= 11 is 2.88. The van der Waals surface area contributed by atoms with Crippen LogP contribution in [-0.4, -0.2) is 23.5 Å². The molecule has 1 heterocycles. The molecule has 0 aliphatic carbocycles. The highest BCUT2D eigenvalue weighted by Gasteiger charge is 2.15. The number of ether oxygens (including phenoxy) is 1. The second-order valence-electron chi connectivity index (χ2n) is 9.19. The van der Waals surface area contributed by atoms with Gasteiger partial charge in [-0.2, -0.15) is 11.3 Å². The van der Waals surface area contributed by atoms with E-state index in [0.29, 0.717) is 22.7 Å². The Labute approximate surface area is 257 Å². The second kappa shape index (κ2) is 14.7. The first-order chi connectivity index (χ1) is 21.0. The van der Waals surface area contributed by atoms with Crippen molar-refractivity contribution in [2.24, 2.45) is 0 Å². The Morgan fingerprint density at radius 2 is 1.35 bits per heavy atom. The highest BCUT2D eigenvalue weighted by atomic mass is 32.2. The molecule has 9 heteroatoms. The highest BCUT2D eigenvalue weighted by Crippen LogP contribution is 2.24. The number of nitrogens with one attached hydrogen (secondary N) is 3. The minimum atomic E-state index is -0.449. The molecule has 0 radical (unpaired) electrons. The van der Waals surface area contributed by atoms with Crippen LogP contribution < -0.4 is 20.7 Å². The Bertz CT molecular complexity index is 1690. The Morgan fingerprint density at radius 3 is 2.02 bits per heavy atom. The SMILES string of the molecule is O=C(CSc1ccc(NC(=O)/C(=C/c2ccsc2)NC(=O)c2ccccc2)cc1)Nc1ccc(Oc2ccccc2)cc1. The summed E-state index contributed by atoms with van der Waals surface area (Å²) in [4.78, 5) is 39.3. The molecule has 0 bridgehead atoms. The summed E-state index contributed by atoms with van der Waals surface area (Å²) in [6, 6.07) is 34.4. The molecule has 4 aromatic carbocycles. The molecule has 0 unspecified atom stereocenters. The largest absolute Gasteiger partial charge is 0.457 e. The molecule has 3 amide bonds. The molecule has 3 N–H and O–H groups in total.